The van der Waals surface area contributed by atoms with E-state index in [1.165, 1.54) is 0 Å². The lowest BCUT2D eigenvalue weighted by Gasteiger charge is -2.44. The number of nitriles is 1. The molecule has 0 aromatic carbocycles. The van der Waals surface area contributed by atoms with Crippen molar-refractivity contribution < 1.29 is 11.4 Å². The lowest BCUT2D eigenvalue weighted by atomic mass is 9.94. The summed E-state index contributed by atoms with van der Waals surface area (Å²) >= 11 is -2.15. The first-order valence-electron chi connectivity index (χ1n) is 4.66. The Hall–Kier alpha value is -1.03. The van der Waals surface area contributed by atoms with Crippen molar-refractivity contribution in [1.82, 2.24) is 0 Å². The minimum absolute atomic E-state index is 0.0285. The zero-order valence-electron chi connectivity index (χ0n) is 8.43. The Balaban J connectivity index is 2.42. The van der Waals surface area contributed by atoms with Crippen LogP contribution in [0.4, 0.5) is 0 Å². The molecule has 6 heteroatoms. The Morgan fingerprint density at radius 1 is 1.47 bits per heavy atom. The third-order valence-electron chi connectivity index (χ3n) is 2.64. The Morgan fingerprint density at radius 3 is 2.47 bits per heavy atom. The average Bonchev–Trinajstić information content (AvgIpc) is 2.18. The maximum absolute atomic E-state index is 8.81. The molecule has 2 atom stereocenters. The molecule has 0 saturated carbocycles. The van der Waals surface area contributed by atoms with Crippen LogP contribution in [0.25, 0.3) is 4.85 Å². The third-order valence-corrected chi connectivity index (χ3v) is 4.39. The van der Waals surface area contributed by atoms with Gasteiger partial charge in [0.25, 0.3) is 5.70 Å². The number of rotatable bonds is 0. The number of fused-ring (bicyclic) bond motifs is 3. The molecule has 0 aromatic heterocycles. The van der Waals surface area contributed by atoms with E-state index in [0.717, 1.165) is 0 Å². The molecule has 0 aliphatic carbocycles. The van der Waals surface area contributed by atoms with Gasteiger partial charge in [0.2, 0.25) is 0 Å². The summed E-state index contributed by atoms with van der Waals surface area (Å²) in [6.45, 7) is 10.7. The van der Waals surface area contributed by atoms with Gasteiger partial charge in [0.05, 0.1) is 24.3 Å². The van der Waals surface area contributed by atoms with E-state index in [1.54, 1.807) is 0 Å². The first-order valence-corrected chi connectivity index (χ1v) is 6.08. The summed E-state index contributed by atoms with van der Waals surface area (Å²) in [6, 6.07) is 1.86. The Labute approximate surface area is 93.1 Å². The van der Waals surface area contributed by atoms with Crippen molar-refractivity contribution >= 4 is 15.1 Å². The van der Waals surface area contributed by atoms with Crippen LogP contribution in [-0.4, -0.2) is 27.4 Å². The molecule has 0 N–H and O–H groups in total. The standard InChI is InChI=1S/C9H10N2O3.Al/c1-5(12)8(6(2)13)9(14)7(4-10)11-3;/h5-6,8,14H,1-2H3;/q-2;+3/p-1/b9-7+;. The first kappa shape index (κ1) is 10.5. The zero-order valence-corrected chi connectivity index (χ0v) is 9.58. The lowest BCUT2D eigenvalue weighted by molar-refractivity contribution is -0.0955. The van der Waals surface area contributed by atoms with Crippen LogP contribution in [0.1, 0.15) is 13.8 Å². The van der Waals surface area contributed by atoms with Gasteiger partial charge in [0.15, 0.2) is 0 Å². The Morgan fingerprint density at radius 2 is 2.07 bits per heavy atom. The fourth-order valence-corrected chi connectivity index (χ4v) is 3.64. The quantitative estimate of drug-likeness (QED) is 0.348. The summed E-state index contributed by atoms with van der Waals surface area (Å²) in [6.07, 6.45) is -0.0569. The Kier molecular flexibility index (Phi) is 2.69. The van der Waals surface area contributed by atoms with Gasteiger partial charge in [0.1, 0.15) is 0 Å². The summed E-state index contributed by atoms with van der Waals surface area (Å²) in [4.78, 5) is 3.17. The van der Waals surface area contributed by atoms with Crippen LogP contribution in [0.15, 0.2) is 11.5 Å². The van der Waals surface area contributed by atoms with Gasteiger partial charge in [-0.05, 0) is 13.8 Å². The van der Waals surface area contributed by atoms with Crippen molar-refractivity contribution in [3.63, 3.8) is 0 Å². The molecular weight excluding hydrogens is 211 g/mol. The summed E-state index contributed by atoms with van der Waals surface area (Å²) in [5.41, 5.74) is 0.0304. The van der Waals surface area contributed by atoms with Crippen LogP contribution < -0.4 is 0 Å². The highest BCUT2D eigenvalue weighted by molar-refractivity contribution is 6.37. The molecule has 0 amide bonds. The van der Waals surface area contributed by atoms with Crippen LogP contribution >= 0.6 is 0 Å². The minimum Gasteiger partial charge on any atom is -0.609 e. The summed E-state index contributed by atoms with van der Waals surface area (Å²) < 4.78 is 16.4. The highest BCUT2D eigenvalue weighted by Crippen LogP contribution is 2.38. The van der Waals surface area contributed by atoms with Gasteiger partial charge < -0.3 is 11.4 Å². The predicted octanol–water partition coefficient (Wildman–Crippen LogP) is 1.10. The predicted molar refractivity (Wildman–Crippen MR) is 50.7 cm³/mol. The van der Waals surface area contributed by atoms with Crippen molar-refractivity contribution in [2.75, 3.05) is 0 Å². The molecule has 2 unspecified atom stereocenters. The number of hydrogen-bond acceptors (Lipinski definition) is 4. The molecule has 0 aromatic rings. The zero-order chi connectivity index (χ0) is 11.0. The molecule has 3 aliphatic rings. The maximum atomic E-state index is 8.81. The van der Waals surface area contributed by atoms with Crippen molar-refractivity contribution in [3.8, 4) is 6.07 Å². The van der Waals surface area contributed by atoms with E-state index in [1.807, 2.05) is 19.9 Å². The summed E-state index contributed by atoms with van der Waals surface area (Å²) in [5, 5.41) is 8.81. The van der Waals surface area contributed by atoms with E-state index in [2.05, 4.69) is 4.85 Å². The van der Waals surface area contributed by atoms with E-state index in [9.17, 15) is 0 Å². The van der Waals surface area contributed by atoms with E-state index in [4.69, 9.17) is 23.2 Å². The van der Waals surface area contributed by atoms with Crippen molar-refractivity contribution in [1.29, 1.82) is 5.26 Å². The van der Waals surface area contributed by atoms with Crippen LogP contribution in [0.5, 0.6) is 0 Å². The fraction of sp³-hybridized carbons (Fsp3) is 0.556. The van der Waals surface area contributed by atoms with E-state index in [0.29, 0.717) is 5.76 Å². The van der Waals surface area contributed by atoms with Crippen molar-refractivity contribution in [3.05, 3.63) is 22.9 Å². The number of hydrogen-bond donors (Lipinski definition) is 0. The average molecular weight is 220 g/mol. The smallest absolute Gasteiger partial charge is 0.609 e. The molecule has 2 bridgehead atoms. The molecule has 0 radical (unpaired) electrons. The molecule has 0 spiro atoms. The number of nitrogens with zero attached hydrogens (tertiary/aromatic N) is 2. The third kappa shape index (κ3) is 1.63. The van der Waals surface area contributed by atoms with E-state index >= 15 is 0 Å². The topological polar surface area (TPSA) is 55.8 Å². The first-order chi connectivity index (χ1) is 7.17. The van der Waals surface area contributed by atoms with Crippen LogP contribution in [0, 0.1) is 23.8 Å². The normalized spacial score (nSPS) is 36.5. The van der Waals surface area contributed by atoms with Gasteiger partial charge >= 0.3 is 15.1 Å². The van der Waals surface area contributed by atoms with Crippen LogP contribution in [0.2, 0.25) is 0 Å². The second-order valence-electron chi connectivity index (χ2n) is 3.55. The molecular formula is C9H9AlN2O3. The highest BCUT2D eigenvalue weighted by Gasteiger charge is 2.55. The van der Waals surface area contributed by atoms with Gasteiger partial charge in [-0.3, -0.25) is 0 Å². The van der Waals surface area contributed by atoms with Gasteiger partial charge in [-0.1, -0.05) is 0 Å². The number of allylic oxidation sites excluding steroid dienone is 1. The Bertz CT molecular complexity index is 367. The van der Waals surface area contributed by atoms with Crippen molar-refractivity contribution in [2.24, 2.45) is 5.92 Å². The molecule has 3 aliphatic heterocycles. The largest absolute Gasteiger partial charge is 1.00 e. The molecule has 3 saturated heterocycles. The highest BCUT2D eigenvalue weighted by atomic mass is 27.3. The monoisotopic (exact) mass is 220 g/mol. The fourth-order valence-electron chi connectivity index (χ4n) is 1.95. The van der Waals surface area contributed by atoms with Crippen LogP contribution in [-0.2, 0) is 11.4 Å². The van der Waals surface area contributed by atoms with E-state index in [-0.39, 0.29) is 23.8 Å². The molecule has 5 nitrogen and oxygen atoms in total. The summed E-state index contributed by atoms with van der Waals surface area (Å²) in [5.74, 6) is 0.341. The van der Waals surface area contributed by atoms with Gasteiger partial charge in [-0.15, -0.1) is 0 Å². The lowest BCUT2D eigenvalue weighted by Crippen LogP contribution is -2.54. The van der Waals surface area contributed by atoms with Crippen LogP contribution in [0.3, 0.4) is 0 Å². The van der Waals surface area contributed by atoms with Crippen molar-refractivity contribution in [2.45, 2.75) is 26.1 Å². The SMILES string of the molecule is [C-]#[N+]/C(C#N)=C1/[O][Al]2[O]C(C)C1C(C)[O]2. The van der Waals surface area contributed by atoms with Gasteiger partial charge in [-0.25, -0.2) is 10.1 Å². The molecule has 3 fully saturated rings. The summed E-state index contributed by atoms with van der Waals surface area (Å²) in [7, 11) is 0. The minimum atomic E-state index is -2.15. The molecule has 76 valence electrons. The second-order valence-corrected chi connectivity index (χ2v) is 4.91. The molecule has 15 heavy (non-hydrogen) atoms. The maximum Gasteiger partial charge on any atom is 1.00 e. The van der Waals surface area contributed by atoms with E-state index < -0.39 is 15.1 Å². The van der Waals surface area contributed by atoms with Gasteiger partial charge in [0, 0.05) is 12.2 Å². The molecule has 3 rings (SSSR count). The second kappa shape index (κ2) is 3.85. The molecule has 3 heterocycles. The van der Waals surface area contributed by atoms with Gasteiger partial charge in [-0.2, -0.15) is 0 Å².